The third-order valence-corrected chi connectivity index (χ3v) is 5.34. The van der Waals surface area contributed by atoms with Crippen molar-refractivity contribution in [3.63, 3.8) is 0 Å². The van der Waals surface area contributed by atoms with Gasteiger partial charge in [0.2, 0.25) is 0 Å². The van der Waals surface area contributed by atoms with Gasteiger partial charge in [0.05, 0.1) is 10.6 Å². The van der Waals surface area contributed by atoms with Crippen molar-refractivity contribution in [3.05, 3.63) is 83.4 Å². The Morgan fingerprint density at radius 3 is 2.26 bits per heavy atom. The Hall–Kier alpha value is -2.83. The van der Waals surface area contributed by atoms with Gasteiger partial charge < -0.3 is 4.74 Å². The molecule has 0 unspecified atom stereocenters. The highest BCUT2D eigenvalue weighted by Gasteiger charge is 2.18. The summed E-state index contributed by atoms with van der Waals surface area (Å²) in [4.78, 5) is 11.4. The number of anilines is 1. The van der Waals surface area contributed by atoms with E-state index in [1.165, 1.54) is 37.3 Å². The van der Waals surface area contributed by atoms with Crippen LogP contribution in [0.15, 0.2) is 77.7 Å². The number of hydrogen-bond donors (Lipinski definition) is 1. The van der Waals surface area contributed by atoms with E-state index in [-0.39, 0.29) is 16.4 Å². The van der Waals surface area contributed by atoms with Gasteiger partial charge in [-0.05, 0) is 49.4 Å². The monoisotopic (exact) mass is 401 g/mol. The maximum atomic E-state index is 12.7. The molecule has 0 aliphatic carbocycles. The first-order valence-corrected chi connectivity index (χ1v) is 9.87. The molecular formula is C20H16ClNO4S. The molecule has 0 heterocycles. The molecule has 3 aromatic rings. The van der Waals surface area contributed by atoms with Crippen LogP contribution < -0.4 is 9.46 Å². The summed E-state index contributed by atoms with van der Waals surface area (Å²) in [7, 11) is -3.89. The molecule has 3 aromatic carbocycles. The van der Waals surface area contributed by atoms with Crippen LogP contribution in [-0.2, 0) is 10.0 Å². The van der Waals surface area contributed by atoms with Crippen molar-refractivity contribution in [3.8, 4) is 11.5 Å². The Morgan fingerprint density at radius 2 is 1.63 bits per heavy atom. The average Bonchev–Trinajstić information content (AvgIpc) is 2.64. The summed E-state index contributed by atoms with van der Waals surface area (Å²) in [6, 6.07) is 19.4. The molecule has 0 aliphatic heterocycles. The number of benzene rings is 3. The summed E-state index contributed by atoms with van der Waals surface area (Å²) in [6.07, 6.45) is 0. The van der Waals surface area contributed by atoms with Crippen molar-refractivity contribution in [2.24, 2.45) is 0 Å². The van der Waals surface area contributed by atoms with Gasteiger partial charge in [0.15, 0.2) is 11.5 Å². The van der Waals surface area contributed by atoms with Crippen molar-refractivity contribution in [1.29, 1.82) is 0 Å². The maximum Gasteiger partial charge on any atom is 0.262 e. The number of hydrogen-bond acceptors (Lipinski definition) is 4. The molecule has 0 bridgehead atoms. The molecule has 0 amide bonds. The van der Waals surface area contributed by atoms with Crippen molar-refractivity contribution in [2.45, 2.75) is 11.8 Å². The largest absolute Gasteiger partial charge is 0.455 e. The van der Waals surface area contributed by atoms with Crippen molar-refractivity contribution in [1.82, 2.24) is 0 Å². The van der Waals surface area contributed by atoms with Gasteiger partial charge in [-0.1, -0.05) is 41.9 Å². The second-order valence-electron chi connectivity index (χ2n) is 5.74. The molecule has 1 N–H and O–H groups in total. The molecule has 0 aromatic heterocycles. The minimum Gasteiger partial charge on any atom is -0.455 e. The van der Waals surface area contributed by atoms with Gasteiger partial charge in [0, 0.05) is 10.6 Å². The Labute approximate surface area is 162 Å². The van der Waals surface area contributed by atoms with Crippen LogP contribution in [0.3, 0.4) is 0 Å². The molecule has 0 fully saturated rings. The molecule has 0 radical (unpaired) electrons. The van der Waals surface area contributed by atoms with Crippen LogP contribution in [0, 0.1) is 0 Å². The second kappa shape index (κ2) is 7.82. The molecule has 7 heteroatoms. The van der Waals surface area contributed by atoms with E-state index in [9.17, 15) is 13.2 Å². The number of para-hydroxylation sites is 1. The molecule has 0 aliphatic rings. The Balaban J connectivity index is 1.91. The molecule has 0 saturated carbocycles. The molecular weight excluding hydrogens is 386 g/mol. The van der Waals surface area contributed by atoms with Crippen LogP contribution in [0.25, 0.3) is 0 Å². The van der Waals surface area contributed by atoms with Crippen LogP contribution in [0.1, 0.15) is 17.3 Å². The minimum absolute atomic E-state index is 0.0261. The zero-order valence-electron chi connectivity index (χ0n) is 14.3. The quantitative estimate of drug-likeness (QED) is 0.581. The van der Waals surface area contributed by atoms with Gasteiger partial charge in [-0.25, -0.2) is 8.42 Å². The van der Waals surface area contributed by atoms with E-state index in [0.29, 0.717) is 22.1 Å². The predicted molar refractivity (Wildman–Crippen MR) is 105 cm³/mol. The van der Waals surface area contributed by atoms with Crippen molar-refractivity contribution in [2.75, 3.05) is 4.72 Å². The molecule has 0 atom stereocenters. The zero-order chi connectivity index (χ0) is 19.4. The fourth-order valence-corrected chi connectivity index (χ4v) is 3.59. The summed E-state index contributed by atoms with van der Waals surface area (Å²) in [5.41, 5.74) is 0.645. The molecule has 0 spiro atoms. The van der Waals surface area contributed by atoms with Crippen LogP contribution in [0.5, 0.6) is 11.5 Å². The normalized spacial score (nSPS) is 11.0. The summed E-state index contributed by atoms with van der Waals surface area (Å²) in [6.45, 7) is 1.42. The second-order valence-corrected chi connectivity index (χ2v) is 7.86. The number of nitrogens with one attached hydrogen (secondary N) is 1. The van der Waals surface area contributed by atoms with Crippen LogP contribution in [-0.4, -0.2) is 14.2 Å². The third kappa shape index (κ3) is 4.67. The van der Waals surface area contributed by atoms with Crippen molar-refractivity contribution >= 4 is 33.1 Å². The number of sulfonamides is 1. The summed E-state index contributed by atoms with van der Waals surface area (Å²) >= 11 is 6.02. The number of ketones is 1. The summed E-state index contributed by atoms with van der Waals surface area (Å²) in [5, 5.41) is 0.361. The lowest BCUT2D eigenvalue weighted by Crippen LogP contribution is -2.13. The molecule has 3 rings (SSSR count). The number of carbonyl (C=O) groups is 1. The van der Waals surface area contributed by atoms with Crippen LogP contribution >= 0.6 is 11.6 Å². The van der Waals surface area contributed by atoms with E-state index in [1.807, 2.05) is 18.2 Å². The topological polar surface area (TPSA) is 72.5 Å². The molecule has 5 nitrogen and oxygen atoms in total. The van der Waals surface area contributed by atoms with Crippen LogP contribution in [0.4, 0.5) is 5.69 Å². The van der Waals surface area contributed by atoms with E-state index in [2.05, 4.69) is 4.72 Å². The highest BCUT2D eigenvalue weighted by Crippen LogP contribution is 2.33. The van der Waals surface area contributed by atoms with Gasteiger partial charge in [0.1, 0.15) is 5.75 Å². The van der Waals surface area contributed by atoms with E-state index in [0.717, 1.165) is 0 Å². The fraction of sp³-hybridized carbons (Fsp3) is 0.0500. The van der Waals surface area contributed by atoms with Crippen molar-refractivity contribution < 1.29 is 17.9 Å². The van der Waals surface area contributed by atoms with Gasteiger partial charge in [-0.2, -0.15) is 0 Å². The molecule has 0 saturated heterocycles. The highest BCUT2D eigenvalue weighted by molar-refractivity contribution is 7.92. The third-order valence-electron chi connectivity index (χ3n) is 3.73. The van der Waals surface area contributed by atoms with Gasteiger partial charge in [-0.3, -0.25) is 9.52 Å². The standard InChI is InChI=1S/C20H16ClNO4S/c1-14(23)15-7-10-18(11-8-15)27(24,25)22-19-13-16(21)9-12-20(19)26-17-5-3-2-4-6-17/h2-13,22H,1H3. The number of rotatable bonds is 6. The van der Waals surface area contributed by atoms with E-state index in [4.69, 9.17) is 16.3 Å². The average molecular weight is 402 g/mol. The first-order valence-electron chi connectivity index (χ1n) is 8.01. The minimum atomic E-state index is -3.89. The van der Waals surface area contributed by atoms with Crippen LogP contribution in [0.2, 0.25) is 5.02 Å². The number of halogens is 1. The predicted octanol–water partition coefficient (Wildman–Crippen LogP) is 5.14. The Morgan fingerprint density at radius 1 is 0.963 bits per heavy atom. The summed E-state index contributed by atoms with van der Waals surface area (Å²) < 4.78 is 33.7. The Kier molecular flexibility index (Phi) is 5.48. The maximum absolute atomic E-state index is 12.7. The SMILES string of the molecule is CC(=O)c1ccc(S(=O)(=O)Nc2cc(Cl)ccc2Oc2ccccc2)cc1. The van der Waals surface area contributed by atoms with E-state index < -0.39 is 10.0 Å². The van der Waals surface area contributed by atoms with E-state index in [1.54, 1.807) is 24.3 Å². The zero-order valence-corrected chi connectivity index (χ0v) is 15.9. The lowest BCUT2D eigenvalue weighted by molar-refractivity contribution is 0.101. The highest BCUT2D eigenvalue weighted by atomic mass is 35.5. The fourth-order valence-electron chi connectivity index (χ4n) is 2.36. The molecule has 27 heavy (non-hydrogen) atoms. The Bertz CT molecular complexity index is 1060. The lowest BCUT2D eigenvalue weighted by Gasteiger charge is -2.14. The lowest BCUT2D eigenvalue weighted by atomic mass is 10.2. The number of ether oxygens (including phenoxy) is 1. The smallest absolute Gasteiger partial charge is 0.262 e. The first kappa shape index (κ1) is 18.9. The molecule has 138 valence electrons. The number of Topliss-reactive ketones (excluding diaryl/α,β-unsaturated/α-hetero) is 1. The van der Waals surface area contributed by atoms with Gasteiger partial charge >= 0.3 is 0 Å². The van der Waals surface area contributed by atoms with Gasteiger partial charge in [0.25, 0.3) is 10.0 Å². The summed E-state index contributed by atoms with van der Waals surface area (Å²) in [5.74, 6) is 0.737. The van der Waals surface area contributed by atoms with Gasteiger partial charge in [-0.15, -0.1) is 0 Å². The number of carbonyl (C=O) groups excluding carboxylic acids is 1. The first-order chi connectivity index (χ1) is 12.8. The van der Waals surface area contributed by atoms with E-state index >= 15 is 0 Å².